The third-order valence-corrected chi connectivity index (χ3v) is 3.41. The molecule has 2 N–H and O–H groups in total. The van der Waals surface area contributed by atoms with Gasteiger partial charge in [0.15, 0.2) is 0 Å². The van der Waals surface area contributed by atoms with Crippen LogP contribution < -0.4 is 0 Å². The van der Waals surface area contributed by atoms with E-state index in [2.05, 4.69) is 0 Å². The number of nitriles is 1. The van der Waals surface area contributed by atoms with Crippen molar-refractivity contribution in [1.29, 1.82) is 5.26 Å². The average molecular weight is 289 g/mol. The molecule has 21 heavy (non-hydrogen) atoms. The van der Waals surface area contributed by atoms with Gasteiger partial charge in [0.25, 0.3) is 0 Å². The lowest BCUT2D eigenvalue weighted by molar-refractivity contribution is -0.142. The van der Waals surface area contributed by atoms with Crippen LogP contribution in [0.3, 0.4) is 0 Å². The molecule has 1 aromatic rings. The minimum absolute atomic E-state index is 0.0853. The highest BCUT2D eigenvalue weighted by molar-refractivity contribution is 5.70. The quantitative estimate of drug-likeness (QED) is 0.681. The van der Waals surface area contributed by atoms with Gasteiger partial charge in [0.1, 0.15) is 0 Å². The molecule has 0 spiro atoms. The van der Waals surface area contributed by atoms with Gasteiger partial charge in [0.05, 0.1) is 17.6 Å². The van der Waals surface area contributed by atoms with Crippen LogP contribution in [0.25, 0.3) is 0 Å². The first-order valence-corrected chi connectivity index (χ1v) is 6.96. The number of carboxylic acids is 2. The molecule has 0 aliphatic carbocycles. The predicted molar refractivity (Wildman–Crippen MR) is 76.7 cm³/mol. The Balaban J connectivity index is 2.41. The van der Waals surface area contributed by atoms with E-state index in [0.29, 0.717) is 37.7 Å². The molecule has 0 saturated carbocycles. The molecule has 0 saturated heterocycles. The van der Waals surface area contributed by atoms with E-state index in [1.807, 2.05) is 18.2 Å². The summed E-state index contributed by atoms with van der Waals surface area (Å²) in [4.78, 5) is 21.6. The summed E-state index contributed by atoms with van der Waals surface area (Å²) in [5, 5.41) is 26.4. The van der Waals surface area contributed by atoms with E-state index in [4.69, 9.17) is 10.4 Å². The molecule has 1 atom stereocenters. The third kappa shape index (κ3) is 6.57. The summed E-state index contributed by atoms with van der Waals surface area (Å²) in [6.45, 7) is 0. The van der Waals surface area contributed by atoms with Crippen LogP contribution in [0.4, 0.5) is 0 Å². The van der Waals surface area contributed by atoms with Crippen molar-refractivity contribution < 1.29 is 19.8 Å². The maximum Gasteiger partial charge on any atom is 0.306 e. The van der Waals surface area contributed by atoms with Gasteiger partial charge >= 0.3 is 11.9 Å². The van der Waals surface area contributed by atoms with Crippen molar-refractivity contribution in [2.45, 2.75) is 38.5 Å². The normalized spacial score (nSPS) is 11.6. The van der Waals surface area contributed by atoms with Crippen molar-refractivity contribution in [3.63, 3.8) is 0 Å². The fraction of sp³-hybridized carbons (Fsp3) is 0.438. The van der Waals surface area contributed by atoms with E-state index in [9.17, 15) is 14.7 Å². The maximum absolute atomic E-state index is 11.2. The van der Waals surface area contributed by atoms with E-state index in [-0.39, 0.29) is 6.42 Å². The third-order valence-electron chi connectivity index (χ3n) is 3.41. The Hall–Kier alpha value is -2.35. The summed E-state index contributed by atoms with van der Waals surface area (Å²) in [6, 6.07) is 9.15. The highest BCUT2D eigenvalue weighted by atomic mass is 16.4. The van der Waals surface area contributed by atoms with E-state index in [1.165, 1.54) is 0 Å². The largest absolute Gasteiger partial charge is 0.481 e. The number of nitrogens with zero attached hydrogens (tertiary/aromatic N) is 1. The molecular formula is C16H19NO4. The summed E-state index contributed by atoms with van der Waals surface area (Å²) in [6.07, 6.45) is 2.86. The summed E-state index contributed by atoms with van der Waals surface area (Å²) in [5.41, 5.74) is 1.59. The van der Waals surface area contributed by atoms with Gasteiger partial charge in [-0.1, -0.05) is 18.6 Å². The molecule has 5 heteroatoms. The Morgan fingerprint density at radius 2 is 1.76 bits per heavy atom. The van der Waals surface area contributed by atoms with Crippen LogP contribution in [-0.2, 0) is 16.0 Å². The SMILES string of the molecule is N#Cc1ccc(CCC(CCCCC(=O)O)C(=O)O)cc1. The highest BCUT2D eigenvalue weighted by Gasteiger charge is 2.17. The van der Waals surface area contributed by atoms with Crippen molar-refractivity contribution in [3.05, 3.63) is 35.4 Å². The van der Waals surface area contributed by atoms with Gasteiger partial charge < -0.3 is 10.2 Å². The smallest absolute Gasteiger partial charge is 0.306 e. The van der Waals surface area contributed by atoms with E-state index < -0.39 is 17.9 Å². The second-order valence-electron chi connectivity index (χ2n) is 5.02. The van der Waals surface area contributed by atoms with Crippen LogP contribution in [0.2, 0.25) is 0 Å². The Kier molecular flexibility index (Phi) is 6.96. The average Bonchev–Trinajstić information content (AvgIpc) is 2.46. The number of aryl methyl sites for hydroxylation is 1. The molecule has 1 unspecified atom stereocenters. The number of hydrogen-bond acceptors (Lipinski definition) is 3. The minimum Gasteiger partial charge on any atom is -0.481 e. The Morgan fingerprint density at radius 1 is 1.10 bits per heavy atom. The van der Waals surface area contributed by atoms with Gasteiger partial charge in [0.2, 0.25) is 0 Å². The second-order valence-corrected chi connectivity index (χ2v) is 5.02. The predicted octanol–water partition coefficient (Wildman–Crippen LogP) is 2.84. The van der Waals surface area contributed by atoms with Crippen LogP contribution in [0.5, 0.6) is 0 Å². The number of carboxylic acid groups (broad SMARTS) is 2. The van der Waals surface area contributed by atoms with Crippen molar-refractivity contribution in [1.82, 2.24) is 0 Å². The number of benzene rings is 1. The van der Waals surface area contributed by atoms with E-state index in [0.717, 1.165) is 5.56 Å². The number of rotatable bonds is 9. The zero-order valence-electron chi connectivity index (χ0n) is 11.8. The first kappa shape index (κ1) is 16.7. The number of unbranched alkanes of at least 4 members (excludes halogenated alkanes) is 1. The monoisotopic (exact) mass is 289 g/mol. The van der Waals surface area contributed by atoms with Gasteiger partial charge in [0, 0.05) is 6.42 Å². The molecule has 0 aliphatic heterocycles. The first-order chi connectivity index (χ1) is 10.0. The summed E-state index contributed by atoms with van der Waals surface area (Å²) in [7, 11) is 0. The van der Waals surface area contributed by atoms with Crippen LogP contribution in [0.15, 0.2) is 24.3 Å². The molecule has 5 nitrogen and oxygen atoms in total. The molecule has 0 amide bonds. The van der Waals surface area contributed by atoms with Crippen LogP contribution in [-0.4, -0.2) is 22.2 Å². The van der Waals surface area contributed by atoms with E-state index in [1.54, 1.807) is 12.1 Å². The fourth-order valence-electron chi connectivity index (χ4n) is 2.15. The molecule has 112 valence electrons. The Morgan fingerprint density at radius 3 is 2.29 bits per heavy atom. The molecule has 0 fully saturated rings. The van der Waals surface area contributed by atoms with Crippen LogP contribution in [0.1, 0.15) is 43.2 Å². The summed E-state index contributed by atoms with van der Waals surface area (Å²) in [5.74, 6) is -2.13. The van der Waals surface area contributed by atoms with Crippen LogP contribution >= 0.6 is 0 Å². The first-order valence-electron chi connectivity index (χ1n) is 6.96. The topological polar surface area (TPSA) is 98.4 Å². The highest BCUT2D eigenvalue weighted by Crippen LogP contribution is 2.17. The molecule has 0 radical (unpaired) electrons. The standard InChI is InChI=1S/C16H19NO4/c17-11-13-7-5-12(6-8-13)9-10-14(16(20)21)3-1-2-4-15(18)19/h5-8,14H,1-4,9-10H2,(H,18,19)(H,20,21). The number of aliphatic carboxylic acids is 2. The maximum atomic E-state index is 11.2. The molecular weight excluding hydrogens is 270 g/mol. The lowest BCUT2D eigenvalue weighted by Gasteiger charge is -2.12. The van der Waals surface area contributed by atoms with Gasteiger partial charge in [-0.2, -0.15) is 5.26 Å². The fourth-order valence-corrected chi connectivity index (χ4v) is 2.15. The molecule has 0 heterocycles. The molecule has 0 aromatic heterocycles. The van der Waals surface area contributed by atoms with Gasteiger partial charge in [-0.15, -0.1) is 0 Å². The van der Waals surface area contributed by atoms with Crippen molar-refractivity contribution in [2.24, 2.45) is 5.92 Å². The lowest BCUT2D eigenvalue weighted by atomic mass is 9.94. The molecule has 0 aliphatic rings. The van der Waals surface area contributed by atoms with Gasteiger partial charge in [-0.3, -0.25) is 9.59 Å². The Bertz CT molecular complexity index is 516. The van der Waals surface area contributed by atoms with Crippen molar-refractivity contribution in [3.8, 4) is 6.07 Å². The zero-order chi connectivity index (χ0) is 15.7. The molecule has 0 bridgehead atoms. The van der Waals surface area contributed by atoms with Crippen molar-refractivity contribution in [2.75, 3.05) is 0 Å². The summed E-state index contributed by atoms with van der Waals surface area (Å²) >= 11 is 0. The Labute approximate surface area is 123 Å². The zero-order valence-corrected chi connectivity index (χ0v) is 11.8. The molecule has 1 aromatic carbocycles. The van der Waals surface area contributed by atoms with Crippen LogP contribution in [0, 0.1) is 17.2 Å². The molecule has 1 rings (SSSR count). The van der Waals surface area contributed by atoms with Crippen molar-refractivity contribution >= 4 is 11.9 Å². The summed E-state index contributed by atoms with van der Waals surface area (Å²) < 4.78 is 0. The number of hydrogen-bond donors (Lipinski definition) is 2. The number of carbonyl (C=O) groups is 2. The van der Waals surface area contributed by atoms with E-state index >= 15 is 0 Å². The van der Waals surface area contributed by atoms with Gasteiger partial charge in [-0.25, -0.2) is 0 Å². The van der Waals surface area contributed by atoms with Gasteiger partial charge in [-0.05, 0) is 43.4 Å². The minimum atomic E-state index is -0.848. The second kappa shape index (κ2) is 8.75. The lowest BCUT2D eigenvalue weighted by Crippen LogP contribution is -2.14.